The molecule has 0 radical (unpaired) electrons. The fraction of sp³-hybridized carbons (Fsp3) is 0.333. The number of pyridine rings is 1. The van der Waals surface area contributed by atoms with Gasteiger partial charge in [-0.2, -0.15) is 4.98 Å². The predicted molar refractivity (Wildman–Crippen MR) is 62.8 cm³/mol. The van der Waals surface area contributed by atoms with Gasteiger partial charge < -0.3 is 11.1 Å². The molecule has 6 heteroatoms. The summed E-state index contributed by atoms with van der Waals surface area (Å²) in [7, 11) is 0. The number of anilines is 1. The Kier molecular flexibility index (Phi) is 2.88. The van der Waals surface area contributed by atoms with Crippen LogP contribution in [-0.4, -0.2) is 27.2 Å². The van der Waals surface area contributed by atoms with Gasteiger partial charge >= 0.3 is 0 Å². The zero-order valence-corrected chi connectivity index (χ0v) is 9.90. The standard InChI is InChI=1S/C9H12BrN5/c1-6(11)4-12-9-13-8-3-2-7(10)5-15(8)14-9/h2-3,5-6H,4,11H2,1H3,(H,12,14). The highest BCUT2D eigenvalue weighted by atomic mass is 79.9. The van der Waals surface area contributed by atoms with Gasteiger partial charge in [-0.1, -0.05) is 0 Å². The van der Waals surface area contributed by atoms with E-state index in [1.54, 1.807) is 4.52 Å². The summed E-state index contributed by atoms with van der Waals surface area (Å²) in [5.74, 6) is 0.602. The molecule has 2 aromatic heterocycles. The minimum atomic E-state index is 0.0864. The van der Waals surface area contributed by atoms with Crippen molar-refractivity contribution in [3.8, 4) is 0 Å². The van der Waals surface area contributed by atoms with Crippen molar-refractivity contribution < 1.29 is 0 Å². The van der Waals surface area contributed by atoms with Gasteiger partial charge in [-0.3, -0.25) is 0 Å². The number of hydrogen-bond acceptors (Lipinski definition) is 4. The summed E-state index contributed by atoms with van der Waals surface area (Å²) in [6.45, 7) is 2.59. The average molecular weight is 270 g/mol. The first-order valence-electron chi connectivity index (χ1n) is 4.66. The molecule has 1 unspecified atom stereocenters. The summed E-state index contributed by atoms with van der Waals surface area (Å²) >= 11 is 3.37. The van der Waals surface area contributed by atoms with Crippen LogP contribution in [0, 0.1) is 0 Å². The maximum Gasteiger partial charge on any atom is 0.243 e. The van der Waals surface area contributed by atoms with E-state index in [-0.39, 0.29) is 6.04 Å². The average Bonchev–Trinajstić information content (AvgIpc) is 2.56. The zero-order valence-electron chi connectivity index (χ0n) is 8.31. The summed E-state index contributed by atoms with van der Waals surface area (Å²) in [4.78, 5) is 4.29. The van der Waals surface area contributed by atoms with Crippen LogP contribution in [0.4, 0.5) is 5.95 Å². The summed E-state index contributed by atoms with van der Waals surface area (Å²) in [6, 6.07) is 3.91. The Bertz CT molecular complexity index is 464. The van der Waals surface area contributed by atoms with Crippen LogP contribution >= 0.6 is 15.9 Å². The molecule has 2 aromatic rings. The highest BCUT2D eigenvalue weighted by molar-refractivity contribution is 9.10. The van der Waals surface area contributed by atoms with E-state index in [4.69, 9.17) is 5.73 Å². The second-order valence-electron chi connectivity index (χ2n) is 3.44. The van der Waals surface area contributed by atoms with Gasteiger partial charge in [0.1, 0.15) is 0 Å². The molecule has 0 aromatic carbocycles. The first-order valence-corrected chi connectivity index (χ1v) is 5.46. The molecule has 1 atom stereocenters. The number of nitrogens with one attached hydrogen (secondary N) is 1. The number of hydrogen-bond donors (Lipinski definition) is 2. The molecule has 2 heterocycles. The van der Waals surface area contributed by atoms with Crippen molar-refractivity contribution in [3.05, 3.63) is 22.8 Å². The lowest BCUT2D eigenvalue weighted by atomic mass is 10.4. The molecule has 0 amide bonds. The second kappa shape index (κ2) is 4.16. The lowest BCUT2D eigenvalue weighted by Gasteiger charge is -2.03. The van der Waals surface area contributed by atoms with Gasteiger partial charge in [0.2, 0.25) is 5.95 Å². The molecule has 0 aliphatic rings. The fourth-order valence-electron chi connectivity index (χ4n) is 1.19. The molecule has 80 valence electrons. The van der Waals surface area contributed by atoms with E-state index < -0.39 is 0 Å². The molecule has 2 rings (SSSR count). The van der Waals surface area contributed by atoms with Gasteiger partial charge in [-0.05, 0) is 35.0 Å². The quantitative estimate of drug-likeness (QED) is 0.880. The Labute approximate surface area is 95.8 Å². The minimum absolute atomic E-state index is 0.0864. The third kappa shape index (κ3) is 2.45. The summed E-state index contributed by atoms with van der Waals surface area (Å²) in [5, 5.41) is 7.32. The van der Waals surface area contributed by atoms with Crippen molar-refractivity contribution in [2.75, 3.05) is 11.9 Å². The number of rotatable bonds is 3. The van der Waals surface area contributed by atoms with Gasteiger partial charge in [0, 0.05) is 23.3 Å². The van der Waals surface area contributed by atoms with Crippen molar-refractivity contribution in [1.29, 1.82) is 0 Å². The molecule has 0 aliphatic carbocycles. The number of fused-ring (bicyclic) bond motifs is 1. The Hall–Kier alpha value is -1.14. The summed E-state index contributed by atoms with van der Waals surface area (Å²) in [6.07, 6.45) is 1.86. The molecule has 15 heavy (non-hydrogen) atoms. The first kappa shape index (κ1) is 10.4. The van der Waals surface area contributed by atoms with Crippen LogP contribution in [0.5, 0.6) is 0 Å². The van der Waals surface area contributed by atoms with Crippen LogP contribution in [0.15, 0.2) is 22.8 Å². The van der Waals surface area contributed by atoms with Crippen molar-refractivity contribution >= 4 is 27.5 Å². The van der Waals surface area contributed by atoms with Crippen LogP contribution in [0.25, 0.3) is 5.65 Å². The third-order valence-electron chi connectivity index (χ3n) is 1.88. The van der Waals surface area contributed by atoms with Crippen LogP contribution in [0.3, 0.4) is 0 Å². The highest BCUT2D eigenvalue weighted by Crippen LogP contribution is 2.11. The lowest BCUT2D eigenvalue weighted by Crippen LogP contribution is -2.25. The monoisotopic (exact) mass is 269 g/mol. The molecule has 3 N–H and O–H groups in total. The van der Waals surface area contributed by atoms with Crippen molar-refractivity contribution in [2.45, 2.75) is 13.0 Å². The van der Waals surface area contributed by atoms with Crippen molar-refractivity contribution in [1.82, 2.24) is 14.6 Å². The van der Waals surface area contributed by atoms with Gasteiger partial charge in [-0.15, -0.1) is 5.10 Å². The van der Waals surface area contributed by atoms with E-state index in [2.05, 4.69) is 31.3 Å². The SMILES string of the molecule is CC(N)CNc1nc2ccc(Br)cn2n1. The van der Waals surface area contributed by atoms with E-state index in [1.807, 2.05) is 25.3 Å². The van der Waals surface area contributed by atoms with E-state index >= 15 is 0 Å². The minimum Gasteiger partial charge on any atom is -0.351 e. The van der Waals surface area contributed by atoms with Gasteiger partial charge in [0.25, 0.3) is 0 Å². The van der Waals surface area contributed by atoms with E-state index in [0.717, 1.165) is 10.1 Å². The first-order chi connectivity index (χ1) is 7.15. The predicted octanol–water partition coefficient (Wildman–Crippen LogP) is 1.25. The zero-order chi connectivity index (χ0) is 10.8. The van der Waals surface area contributed by atoms with Crippen LogP contribution < -0.4 is 11.1 Å². The van der Waals surface area contributed by atoms with Crippen LogP contribution in [0.1, 0.15) is 6.92 Å². The summed E-state index contributed by atoms with van der Waals surface area (Å²) in [5.41, 5.74) is 6.44. The molecule has 0 aliphatic heterocycles. The second-order valence-corrected chi connectivity index (χ2v) is 4.36. The fourth-order valence-corrected chi connectivity index (χ4v) is 1.51. The Morgan fingerprint density at radius 1 is 1.60 bits per heavy atom. The normalized spacial score (nSPS) is 13.0. The van der Waals surface area contributed by atoms with E-state index in [1.165, 1.54) is 0 Å². The van der Waals surface area contributed by atoms with Crippen molar-refractivity contribution in [3.63, 3.8) is 0 Å². The summed E-state index contributed by atoms with van der Waals surface area (Å²) < 4.78 is 2.69. The molecule has 5 nitrogen and oxygen atoms in total. The van der Waals surface area contributed by atoms with Gasteiger partial charge in [-0.25, -0.2) is 4.52 Å². The van der Waals surface area contributed by atoms with E-state index in [9.17, 15) is 0 Å². The molecule has 0 spiro atoms. The van der Waals surface area contributed by atoms with Gasteiger partial charge in [0.05, 0.1) is 0 Å². The Morgan fingerprint density at radius 3 is 3.13 bits per heavy atom. The number of halogens is 1. The maximum atomic E-state index is 5.63. The number of nitrogens with two attached hydrogens (primary N) is 1. The molecule has 0 saturated carbocycles. The van der Waals surface area contributed by atoms with Crippen LogP contribution in [-0.2, 0) is 0 Å². The topological polar surface area (TPSA) is 68.2 Å². The smallest absolute Gasteiger partial charge is 0.243 e. The molecule has 0 saturated heterocycles. The third-order valence-corrected chi connectivity index (χ3v) is 2.35. The number of nitrogens with zero attached hydrogens (tertiary/aromatic N) is 3. The molecule has 0 fully saturated rings. The van der Waals surface area contributed by atoms with Crippen molar-refractivity contribution in [2.24, 2.45) is 5.73 Å². The Balaban J connectivity index is 2.23. The molecular formula is C9H12BrN5. The molecular weight excluding hydrogens is 258 g/mol. The molecule has 0 bridgehead atoms. The van der Waals surface area contributed by atoms with Crippen LogP contribution in [0.2, 0.25) is 0 Å². The lowest BCUT2D eigenvalue weighted by molar-refractivity contribution is 0.772. The van der Waals surface area contributed by atoms with E-state index in [0.29, 0.717) is 12.5 Å². The maximum absolute atomic E-state index is 5.63. The Morgan fingerprint density at radius 2 is 2.40 bits per heavy atom. The number of aromatic nitrogens is 3. The highest BCUT2D eigenvalue weighted by Gasteiger charge is 2.03. The largest absolute Gasteiger partial charge is 0.351 e. The van der Waals surface area contributed by atoms with Gasteiger partial charge in [0.15, 0.2) is 5.65 Å².